The van der Waals surface area contributed by atoms with Crippen molar-refractivity contribution in [1.82, 2.24) is 10.2 Å². The summed E-state index contributed by atoms with van der Waals surface area (Å²) < 4.78 is 12.2. The Kier molecular flexibility index (Phi) is 7.27. The van der Waals surface area contributed by atoms with E-state index < -0.39 is 0 Å². The predicted molar refractivity (Wildman–Crippen MR) is 145 cm³/mol. The van der Waals surface area contributed by atoms with Crippen molar-refractivity contribution < 1.29 is 14.3 Å². The number of hydrogen-bond acceptors (Lipinski definition) is 4. The highest BCUT2D eigenvalue weighted by Gasteiger charge is 2.16. The van der Waals surface area contributed by atoms with E-state index >= 15 is 0 Å². The van der Waals surface area contributed by atoms with Gasteiger partial charge < -0.3 is 14.8 Å². The lowest BCUT2D eigenvalue weighted by Crippen LogP contribution is -2.12. The zero-order chi connectivity index (χ0) is 25.5. The van der Waals surface area contributed by atoms with E-state index in [2.05, 4.69) is 15.5 Å². The Morgan fingerprint density at radius 1 is 0.784 bits per heavy atom. The van der Waals surface area contributed by atoms with Crippen LogP contribution in [0.1, 0.15) is 27.2 Å². The quantitative estimate of drug-likeness (QED) is 0.239. The molecule has 2 N–H and O–H groups in total. The molecule has 184 valence electrons. The minimum atomic E-state index is -0.265. The fourth-order valence-corrected chi connectivity index (χ4v) is 3.90. The van der Waals surface area contributed by atoms with Crippen LogP contribution in [-0.4, -0.2) is 16.1 Å². The van der Waals surface area contributed by atoms with Crippen molar-refractivity contribution in [2.75, 3.05) is 5.32 Å². The fraction of sp³-hybridized carbons (Fsp3) is 0.0968. The molecule has 0 radical (unpaired) electrons. The molecule has 1 aromatic heterocycles. The molecular formula is C31H27N3O3. The number of anilines is 1. The summed E-state index contributed by atoms with van der Waals surface area (Å²) in [6.45, 7) is 2.82. The van der Waals surface area contributed by atoms with Crippen molar-refractivity contribution in [3.05, 3.63) is 132 Å². The van der Waals surface area contributed by atoms with Crippen LogP contribution in [0.5, 0.6) is 11.5 Å². The molecule has 0 atom stereocenters. The van der Waals surface area contributed by atoms with Crippen molar-refractivity contribution in [2.24, 2.45) is 0 Å². The summed E-state index contributed by atoms with van der Waals surface area (Å²) in [5, 5.41) is 10.2. The van der Waals surface area contributed by atoms with E-state index in [1.807, 2.05) is 110 Å². The monoisotopic (exact) mass is 489 g/mol. The van der Waals surface area contributed by atoms with Gasteiger partial charge in [0.05, 0.1) is 5.69 Å². The summed E-state index contributed by atoms with van der Waals surface area (Å²) in [4.78, 5) is 12.8. The molecule has 5 aromatic rings. The number of rotatable bonds is 9. The number of benzene rings is 4. The molecule has 6 heteroatoms. The molecular weight excluding hydrogens is 462 g/mol. The van der Waals surface area contributed by atoms with Gasteiger partial charge in [0, 0.05) is 17.3 Å². The Morgan fingerprint density at radius 3 is 2.19 bits per heavy atom. The Balaban J connectivity index is 1.37. The number of aromatic amines is 1. The molecule has 0 aliphatic carbocycles. The van der Waals surface area contributed by atoms with Gasteiger partial charge in [0.2, 0.25) is 0 Å². The molecule has 1 heterocycles. The van der Waals surface area contributed by atoms with Crippen molar-refractivity contribution in [3.63, 3.8) is 0 Å². The smallest absolute Gasteiger partial charge is 0.273 e. The Labute approximate surface area is 215 Å². The number of carbonyl (C=O) groups is 1. The number of H-pyrrole nitrogens is 1. The third-order valence-corrected chi connectivity index (χ3v) is 5.81. The first-order valence-electron chi connectivity index (χ1n) is 12.1. The maximum absolute atomic E-state index is 12.8. The van der Waals surface area contributed by atoms with Gasteiger partial charge in [-0.15, -0.1) is 0 Å². The zero-order valence-electron chi connectivity index (χ0n) is 20.5. The van der Waals surface area contributed by atoms with Crippen LogP contribution in [-0.2, 0) is 13.2 Å². The van der Waals surface area contributed by atoms with E-state index in [1.165, 1.54) is 0 Å². The molecule has 1 amide bonds. The summed E-state index contributed by atoms with van der Waals surface area (Å²) in [6, 6.07) is 35.0. The highest BCUT2D eigenvalue weighted by Crippen LogP contribution is 2.34. The van der Waals surface area contributed by atoms with Crippen molar-refractivity contribution in [2.45, 2.75) is 20.1 Å². The van der Waals surface area contributed by atoms with Crippen LogP contribution in [0.15, 0.2) is 109 Å². The number of aryl methyl sites for hydroxylation is 1. The molecule has 4 aromatic carbocycles. The van der Waals surface area contributed by atoms with Crippen molar-refractivity contribution in [1.29, 1.82) is 0 Å². The number of carbonyl (C=O) groups excluding carboxylic acids is 1. The largest absolute Gasteiger partial charge is 0.489 e. The van der Waals surface area contributed by atoms with Crippen molar-refractivity contribution in [3.8, 4) is 22.8 Å². The summed E-state index contributed by atoms with van der Waals surface area (Å²) in [7, 11) is 0. The maximum atomic E-state index is 12.8. The highest BCUT2D eigenvalue weighted by atomic mass is 16.5. The molecule has 0 aliphatic heterocycles. The normalized spacial score (nSPS) is 10.6. The van der Waals surface area contributed by atoms with Crippen LogP contribution in [0.3, 0.4) is 0 Å². The van der Waals surface area contributed by atoms with Gasteiger partial charge in [0.25, 0.3) is 5.91 Å². The first-order valence-corrected chi connectivity index (χ1v) is 12.1. The van der Waals surface area contributed by atoms with Gasteiger partial charge in [-0.05, 0) is 53.9 Å². The average molecular weight is 490 g/mol. The SMILES string of the molecule is Cc1cccc(NC(=O)c2cc(-c3ccc(OCc4ccccc4)cc3OCc3ccccc3)n[nH]2)c1. The van der Waals surface area contributed by atoms with E-state index in [0.717, 1.165) is 27.9 Å². The minimum Gasteiger partial charge on any atom is -0.489 e. The fourth-order valence-electron chi connectivity index (χ4n) is 3.90. The second-order valence-corrected chi connectivity index (χ2v) is 8.70. The lowest BCUT2D eigenvalue weighted by atomic mass is 10.1. The highest BCUT2D eigenvalue weighted by molar-refractivity contribution is 6.03. The van der Waals surface area contributed by atoms with E-state index in [1.54, 1.807) is 6.07 Å². The third-order valence-electron chi connectivity index (χ3n) is 5.81. The summed E-state index contributed by atoms with van der Waals surface area (Å²) >= 11 is 0. The second-order valence-electron chi connectivity index (χ2n) is 8.70. The number of nitrogens with zero attached hydrogens (tertiary/aromatic N) is 1. The van der Waals surface area contributed by atoms with Crippen LogP contribution >= 0.6 is 0 Å². The van der Waals surface area contributed by atoms with Gasteiger partial charge in [-0.2, -0.15) is 5.10 Å². The number of ether oxygens (including phenoxy) is 2. The number of nitrogens with one attached hydrogen (secondary N) is 2. The summed E-state index contributed by atoms with van der Waals surface area (Å²) in [5.74, 6) is 1.04. The van der Waals surface area contributed by atoms with Crippen LogP contribution in [0.25, 0.3) is 11.3 Å². The summed E-state index contributed by atoms with van der Waals surface area (Å²) in [5.41, 5.74) is 5.64. The molecule has 0 saturated carbocycles. The molecule has 6 nitrogen and oxygen atoms in total. The van der Waals surface area contributed by atoms with Gasteiger partial charge in [-0.3, -0.25) is 9.89 Å². The van der Waals surface area contributed by atoms with Crippen LogP contribution in [0.2, 0.25) is 0 Å². The third kappa shape index (κ3) is 6.24. The lowest BCUT2D eigenvalue weighted by Gasteiger charge is -2.13. The summed E-state index contributed by atoms with van der Waals surface area (Å²) in [6.07, 6.45) is 0. The van der Waals surface area contributed by atoms with Crippen molar-refractivity contribution >= 4 is 11.6 Å². The minimum absolute atomic E-state index is 0.265. The molecule has 0 aliphatic rings. The zero-order valence-corrected chi connectivity index (χ0v) is 20.5. The van der Waals surface area contributed by atoms with Crippen LogP contribution in [0.4, 0.5) is 5.69 Å². The molecule has 0 saturated heterocycles. The van der Waals surface area contributed by atoms with Crippen LogP contribution in [0, 0.1) is 6.92 Å². The Hall–Kier alpha value is -4.84. The van der Waals surface area contributed by atoms with Gasteiger partial charge in [-0.1, -0.05) is 72.8 Å². The van der Waals surface area contributed by atoms with Gasteiger partial charge in [0.1, 0.15) is 30.4 Å². The van der Waals surface area contributed by atoms with E-state index in [-0.39, 0.29) is 5.91 Å². The average Bonchev–Trinajstić information content (AvgIpc) is 3.42. The lowest BCUT2D eigenvalue weighted by molar-refractivity contribution is 0.102. The predicted octanol–water partition coefficient (Wildman–Crippen LogP) is 6.80. The van der Waals surface area contributed by atoms with E-state index in [9.17, 15) is 4.79 Å². The van der Waals surface area contributed by atoms with Gasteiger partial charge in [0.15, 0.2) is 0 Å². The van der Waals surface area contributed by atoms with Crippen LogP contribution < -0.4 is 14.8 Å². The number of hydrogen-bond donors (Lipinski definition) is 2. The molecule has 0 bridgehead atoms. The van der Waals surface area contributed by atoms with Gasteiger partial charge >= 0.3 is 0 Å². The first-order chi connectivity index (χ1) is 18.1. The molecule has 0 spiro atoms. The first kappa shape index (κ1) is 23.9. The molecule has 5 rings (SSSR count). The number of amides is 1. The second kappa shape index (κ2) is 11.3. The number of aromatic nitrogens is 2. The molecule has 0 fully saturated rings. The van der Waals surface area contributed by atoms with E-state index in [4.69, 9.17) is 9.47 Å². The molecule has 0 unspecified atom stereocenters. The Morgan fingerprint density at radius 2 is 1.49 bits per heavy atom. The topological polar surface area (TPSA) is 76.2 Å². The Bertz CT molecular complexity index is 1480. The van der Waals surface area contributed by atoms with E-state index in [0.29, 0.717) is 36.1 Å². The van der Waals surface area contributed by atoms with Gasteiger partial charge in [-0.25, -0.2) is 0 Å². The standard InChI is InChI=1S/C31H27N3O3/c1-22-9-8-14-25(17-22)32-31(35)29-19-28(33-34-29)27-16-15-26(36-20-23-10-4-2-5-11-23)18-30(27)37-21-24-12-6-3-7-13-24/h2-19H,20-21H2,1H3,(H,32,35)(H,33,34). The maximum Gasteiger partial charge on any atom is 0.273 e. The molecule has 37 heavy (non-hydrogen) atoms.